The molecule has 3 saturated carbocycles. The molecule has 16 N–H and O–H groups in total. The monoisotopic (exact) mass is 1210 g/mol. The van der Waals surface area contributed by atoms with E-state index in [2.05, 4.69) is 40.1 Å². The number of halogens is 4. The molecule has 0 bridgehead atoms. The molecule has 3 amide bonds. The van der Waals surface area contributed by atoms with E-state index in [0.29, 0.717) is 0 Å². The van der Waals surface area contributed by atoms with Gasteiger partial charge in [-0.15, -0.1) is 12.4 Å². The van der Waals surface area contributed by atoms with Crippen molar-refractivity contribution < 1.29 is 198 Å². The first-order chi connectivity index (χ1) is 46.5. The summed E-state index contributed by atoms with van der Waals surface area (Å²) in [6, 6.07) is -11.0. The second-order valence-corrected chi connectivity index (χ2v) is 16.0. The van der Waals surface area contributed by atoms with Crippen LogP contribution >= 0.6 is 47.2 Å². The molecule has 9 unspecified atom stereocenters. The van der Waals surface area contributed by atoms with Crippen LogP contribution < -0.4 is 153 Å². The number of anilines is 3. The number of aromatic nitrogens is 6. The van der Waals surface area contributed by atoms with Crippen LogP contribution in [0.15, 0.2) is 18.6 Å². The Morgan fingerprint density at radius 2 is 1.09 bits per heavy atom. The standard InChI is InChI=1S/C16H27N5O2.C12H17ClN4O2.C7H15NO.C5H3Cl2N3O.C4H11N.CH2O3.ClH.2K.H/c1-9-5-6-10(7-12(9)22)19-14-11(13(17)23)8-18-15(20-14)21-16(2,3)4;1-6-2-3-7(4-9(6)18)16-11-8(10(14)19)5-15-12(13)17-11;1-5-2-3-6(8)4-7(5)9;6-3-2(4(8)11)1-9-5(7)10-3;1-4(2,3)5;2-1-4-3;;;;/h8-10,12,22H,5-7H2,1-4H3,(H2,17,23)(H2,18,19,20,21);5-7,9,18H,2-4H2,1H3,(H2,14,19)(H,15,16,17);5-7,9H,2-4,8H2,1H3;1H,(H2,8,11);5H2,1-3H3;1,3H;1H;;;/q;;;;;;;2*+1;-1/p-1/i1D3,5D2,6D2,7D2,9D,10D,12D;1D3,2D2,3D2,4D2,6D,7D,9D;1D3,2D2,3D2,4D2,5D,6D,7D;;;;;;;. The molecular formula is C45H76Cl4K2N14O9. The van der Waals surface area contributed by atoms with Crippen LogP contribution in [0.3, 0.4) is 0 Å². The van der Waals surface area contributed by atoms with Crippen molar-refractivity contribution in [2.45, 2.75) is 167 Å². The zero-order valence-electron chi connectivity index (χ0n) is 77.2. The van der Waals surface area contributed by atoms with Gasteiger partial charge in [0.25, 0.3) is 24.2 Å². The zero-order chi connectivity index (χ0) is 86.3. The van der Waals surface area contributed by atoms with Gasteiger partial charge in [0.1, 0.15) is 16.8 Å². The summed E-state index contributed by atoms with van der Waals surface area (Å²) in [5, 5.41) is 45.8. The fourth-order valence-electron chi connectivity index (χ4n) is 3.76. The average Bonchev–Trinajstić information content (AvgIpc) is 0.666. The van der Waals surface area contributed by atoms with Crippen LogP contribution in [0.1, 0.15) is 201 Å². The number of nitrogens with two attached hydrogens (primary N) is 5. The van der Waals surface area contributed by atoms with Crippen LogP contribution in [0.5, 0.6) is 0 Å². The first-order valence-corrected chi connectivity index (χ1v) is 20.0. The molecule has 3 aromatic heterocycles. The predicted molar refractivity (Wildman–Crippen MR) is 279 cm³/mol. The van der Waals surface area contributed by atoms with E-state index in [1.165, 1.54) is 6.20 Å². The summed E-state index contributed by atoms with van der Waals surface area (Å²) in [6.45, 7) is -0.720. The molecular weight excluding hydrogens is 1100 g/mol. The van der Waals surface area contributed by atoms with Crippen molar-refractivity contribution in [1.29, 1.82) is 0 Å². The van der Waals surface area contributed by atoms with E-state index < -0.39 is 183 Å². The minimum absolute atomic E-state index is 0. The van der Waals surface area contributed by atoms with Crippen LogP contribution in [0.2, 0.25) is 15.7 Å². The number of primary amides is 3. The first kappa shape index (κ1) is 33.5. The van der Waals surface area contributed by atoms with Crippen LogP contribution in [0.25, 0.3) is 0 Å². The molecule has 0 spiro atoms. The van der Waals surface area contributed by atoms with Crippen molar-refractivity contribution >= 4 is 89.0 Å². The molecule has 29 heteroatoms. The average molecular weight is 1210 g/mol. The SMILES string of the molecule is CC(C)(C)N.Cl.NC(=O)c1cnc(Cl)nc1Cl.O=CO[O-].[2H]C([2H])([2H])C1([2H])C([2H])([2H])C([2H])([2H])C([2H])(N)C([2H])([2H])C1([2H])O.[2H]C([2H])([2H])C1([2H])C([2H])([2H])C([2H])([2H])C([2H])(Nc2nc(Cl)ncc2C(N)=O)C([2H])([2H])C1([2H])O.[2H]C([2H])([2H])C1([2H])C([2H])([2H])C([2H])([2H])C([2H])(Nc2nc(NC(C)(C)C)ncc2C(N)=O)C([2H])([2H])C1([2H])O.[H-].[K+].[K+]. The number of amides is 3. The number of hydrogen-bond donors (Lipinski definition) is 11. The summed E-state index contributed by atoms with van der Waals surface area (Å²) < 4.78 is 283. The Balaban J connectivity index is -0.000000686. The van der Waals surface area contributed by atoms with E-state index in [1.807, 2.05) is 31.4 Å². The number of aliphatic hydroxyl groups is 3. The quantitative estimate of drug-likeness (QED) is 0.0277. The third-order valence-corrected chi connectivity index (χ3v) is 7.12. The van der Waals surface area contributed by atoms with Gasteiger partial charge in [0.15, 0.2) is 0 Å². The third-order valence-electron chi connectivity index (χ3n) is 6.47. The summed E-state index contributed by atoms with van der Waals surface area (Å²) in [5.41, 5.74) is 24.1. The Morgan fingerprint density at radius 3 is 1.47 bits per heavy atom. The van der Waals surface area contributed by atoms with E-state index in [4.69, 9.17) is 123 Å². The first-order valence-electron chi connectivity index (χ1n) is 36.8. The van der Waals surface area contributed by atoms with Crippen LogP contribution in [-0.2, 0) is 9.68 Å². The van der Waals surface area contributed by atoms with Crippen LogP contribution in [0, 0.1) is 17.7 Å². The minimum Gasteiger partial charge on any atom is -1.00 e. The molecule has 3 aliphatic carbocycles. The molecule has 3 aromatic rings. The van der Waals surface area contributed by atoms with E-state index in [1.54, 1.807) is 20.8 Å². The number of carbonyl (C=O) groups excluding carboxylic acids is 4. The van der Waals surface area contributed by atoms with Crippen molar-refractivity contribution in [2.75, 3.05) is 16.0 Å². The molecule has 0 aromatic carbocycles. The van der Waals surface area contributed by atoms with Crippen molar-refractivity contribution in [3.05, 3.63) is 51.0 Å². The number of hydrogen-bond acceptors (Lipinski definition) is 20. The van der Waals surface area contributed by atoms with Gasteiger partial charge >= 0.3 is 103 Å². The van der Waals surface area contributed by atoms with Crippen molar-refractivity contribution in [3.63, 3.8) is 0 Å². The Labute approximate surface area is 592 Å². The van der Waals surface area contributed by atoms with Gasteiger partial charge in [0.05, 0.1) is 41.8 Å². The van der Waals surface area contributed by atoms with E-state index in [9.17, 15) is 29.7 Å². The minimum atomic E-state index is -4.22. The van der Waals surface area contributed by atoms with Gasteiger partial charge in [-0.1, -0.05) is 32.2 Å². The van der Waals surface area contributed by atoms with E-state index in [0.717, 1.165) is 12.4 Å². The molecule has 0 radical (unpaired) electrons. The van der Waals surface area contributed by atoms with Gasteiger partial charge in [0, 0.05) is 90.2 Å². The molecule has 3 fully saturated rings. The number of nitrogens with zero attached hydrogens (tertiary/aromatic N) is 6. The Morgan fingerprint density at radius 1 is 0.730 bits per heavy atom. The smallest absolute Gasteiger partial charge is 1.00 e. The number of nitrogens with one attached hydrogen (secondary N) is 3. The summed E-state index contributed by atoms with van der Waals surface area (Å²) in [4.78, 5) is 67.2. The molecule has 6 rings (SSSR count). The molecule has 74 heavy (non-hydrogen) atoms. The van der Waals surface area contributed by atoms with Gasteiger partial charge in [-0.25, -0.2) is 19.9 Å². The summed E-state index contributed by atoms with van der Waals surface area (Å²) in [6.07, 6.45) is -44.8. The van der Waals surface area contributed by atoms with Crippen LogP contribution in [-0.4, -0.2) is 117 Å². The second-order valence-electron chi connectivity index (χ2n) is 14.9. The van der Waals surface area contributed by atoms with Crippen LogP contribution in [0.4, 0.5) is 17.6 Å². The third kappa shape index (κ3) is 32.6. The Bertz CT molecular complexity index is 3700. The zero-order valence-corrected chi connectivity index (χ0v) is 49.5. The van der Waals surface area contributed by atoms with Crippen molar-refractivity contribution in [3.8, 4) is 0 Å². The van der Waals surface area contributed by atoms with Gasteiger partial charge < -0.3 is 71.5 Å². The molecule has 0 saturated heterocycles. The summed E-state index contributed by atoms with van der Waals surface area (Å²) in [5.74, 6) is -17.0. The molecule has 3 heterocycles. The topological polar surface area (TPSA) is 405 Å². The largest absolute Gasteiger partial charge is 1.00 e. The van der Waals surface area contributed by atoms with Crippen molar-refractivity contribution in [2.24, 2.45) is 46.4 Å². The van der Waals surface area contributed by atoms with Gasteiger partial charge in [-0.05, 0) is 140 Å². The second kappa shape index (κ2) is 38.3. The van der Waals surface area contributed by atoms with Gasteiger partial charge in [0.2, 0.25) is 16.5 Å². The van der Waals surface area contributed by atoms with Gasteiger partial charge in [-0.3, -0.25) is 19.2 Å². The van der Waals surface area contributed by atoms with Gasteiger partial charge in [-0.2, -0.15) is 9.97 Å². The maximum Gasteiger partial charge on any atom is 1.00 e. The van der Waals surface area contributed by atoms with Crippen molar-refractivity contribution in [1.82, 2.24) is 29.9 Å². The summed E-state index contributed by atoms with van der Waals surface area (Å²) in [7, 11) is 0. The van der Waals surface area contributed by atoms with E-state index in [-0.39, 0.29) is 151 Å². The Hall–Kier alpha value is -1.29. The molecule has 23 nitrogen and oxygen atoms in total. The molecule has 410 valence electrons. The summed E-state index contributed by atoms with van der Waals surface area (Å²) >= 11 is 16.5. The maximum absolute atomic E-state index is 11.9. The fourth-order valence-corrected chi connectivity index (χ4v) is 4.29. The normalized spacial score (nSPS) is 45.4. The number of carbonyl (C=O) groups is 4. The Kier molecular flexibility index (Phi) is 17.3. The molecule has 0 aliphatic heterocycles. The van der Waals surface area contributed by atoms with E-state index >= 15 is 0 Å². The molecule has 3 aliphatic rings. The molecule has 9 atom stereocenters. The number of rotatable bonds is 9. The maximum atomic E-state index is 11.9. The predicted octanol–water partition coefficient (Wildman–Crippen LogP) is -1.96. The fraction of sp³-hybridized carbons (Fsp3) is 0.644.